The van der Waals surface area contributed by atoms with Crippen LogP contribution in [0.1, 0.15) is 21.7 Å². The lowest BCUT2D eigenvalue weighted by molar-refractivity contribution is 0.102. The third-order valence-corrected chi connectivity index (χ3v) is 4.38. The highest BCUT2D eigenvalue weighted by Gasteiger charge is 2.16. The molecule has 0 unspecified atom stereocenters. The van der Waals surface area contributed by atoms with Crippen LogP contribution in [0.2, 0.25) is 0 Å². The van der Waals surface area contributed by atoms with Crippen LogP contribution in [-0.4, -0.2) is 30.5 Å². The zero-order valence-corrected chi connectivity index (χ0v) is 14.8. The van der Waals surface area contributed by atoms with Crippen LogP contribution in [0.3, 0.4) is 0 Å². The Hall–Kier alpha value is -3.48. The summed E-state index contributed by atoms with van der Waals surface area (Å²) in [5, 5.41) is 12.5. The molecule has 0 saturated carbocycles. The van der Waals surface area contributed by atoms with Crippen molar-refractivity contribution in [3.63, 3.8) is 0 Å². The molecule has 0 saturated heterocycles. The minimum atomic E-state index is -0.215. The zero-order valence-electron chi connectivity index (χ0n) is 14.8. The van der Waals surface area contributed by atoms with Crippen LogP contribution in [0, 0.1) is 13.8 Å². The molecule has 0 spiro atoms. The fourth-order valence-electron chi connectivity index (χ4n) is 3.04. The number of benzene rings is 1. The summed E-state index contributed by atoms with van der Waals surface area (Å²) in [6, 6.07) is 11.6. The highest BCUT2D eigenvalue weighted by Crippen LogP contribution is 2.21. The van der Waals surface area contributed by atoms with Crippen LogP contribution in [0.5, 0.6) is 0 Å². The van der Waals surface area contributed by atoms with E-state index >= 15 is 0 Å². The number of pyridine rings is 1. The van der Waals surface area contributed by atoms with E-state index in [2.05, 4.69) is 20.5 Å². The molecule has 0 radical (unpaired) electrons. The van der Waals surface area contributed by atoms with Crippen molar-refractivity contribution in [2.24, 2.45) is 7.05 Å². The average Bonchev–Trinajstić information content (AvgIpc) is 3.16. The van der Waals surface area contributed by atoms with Crippen molar-refractivity contribution < 1.29 is 4.79 Å². The summed E-state index contributed by atoms with van der Waals surface area (Å²) < 4.78 is 3.48. The molecule has 0 bridgehead atoms. The molecule has 1 amide bonds. The van der Waals surface area contributed by atoms with Gasteiger partial charge < -0.3 is 5.32 Å². The lowest BCUT2D eigenvalue weighted by Crippen LogP contribution is -2.13. The van der Waals surface area contributed by atoms with E-state index in [9.17, 15) is 4.79 Å². The van der Waals surface area contributed by atoms with Crippen molar-refractivity contribution in [3.8, 4) is 5.69 Å². The normalized spacial score (nSPS) is 11.0. The van der Waals surface area contributed by atoms with Gasteiger partial charge in [-0.2, -0.15) is 10.2 Å². The summed E-state index contributed by atoms with van der Waals surface area (Å²) in [6.07, 6.45) is 3.22. The topological polar surface area (TPSA) is 77.6 Å². The highest BCUT2D eigenvalue weighted by atomic mass is 16.1. The van der Waals surface area contributed by atoms with E-state index in [-0.39, 0.29) is 5.91 Å². The first-order valence-electron chi connectivity index (χ1n) is 8.25. The Morgan fingerprint density at radius 2 is 1.88 bits per heavy atom. The third-order valence-electron chi connectivity index (χ3n) is 4.38. The van der Waals surface area contributed by atoms with Gasteiger partial charge in [0.15, 0.2) is 5.65 Å². The van der Waals surface area contributed by atoms with E-state index in [0.717, 1.165) is 28.1 Å². The van der Waals surface area contributed by atoms with Gasteiger partial charge in [-0.25, -0.2) is 9.67 Å². The van der Waals surface area contributed by atoms with Gasteiger partial charge >= 0.3 is 0 Å². The lowest BCUT2D eigenvalue weighted by Gasteiger charge is -2.07. The molecular weight excluding hydrogens is 328 g/mol. The number of fused-ring (bicyclic) bond motifs is 1. The highest BCUT2D eigenvalue weighted by molar-refractivity contribution is 6.05. The number of nitrogens with one attached hydrogen (secondary N) is 1. The minimum Gasteiger partial charge on any atom is -0.320 e. The zero-order chi connectivity index (χ0) is 18.3. The maximum absolute atomic E-state index is 12.7. The second kappa shape index (κ2) is 6.11. The molecule has 3 heterocycles. The fraction of sp³-hybridized carbons (Fsp3) is 0.158. The molecule has 4 aromatic rings. The Balaban J connectivity index is 1.63. The van der Waals surface area contributed by atoms with Gasteiger partial charge in [0.2, 0.25) is 0 Å². The Kier molecular flexibility index (Phi) is 3.76. The number of amides is 1. The molecule has 0 fully saturated rings. The maximum Gasteiger partial charge on any atom is 0.259 e. The van der Waals surface area contributed by atoms with Crippen molar-refractivity contribution in [1.29, 1.82) is 0 Å². The molecule has 4 rings (SSSR count). The van der Waals surface area contributed by atoms with E-state index in [1.165, 1.54) is 0 Å². The molecule has 7 heteroatoms. The van der Waals surface area contributed by atoms with Gasteiger partial charge in [0, 0.05) is 12.4 Å². The van der Waals surface area contributed by atoms with E-state index in [1.807, 2.05) is 57.3 Å². The first-order chi connectivity index (χ1) is 12.5. The molecule has 0 aliphatic heterocycles. The standard InChI is InChI=1S/C19H18N6O/c1-12-16-9-14(10-20-18(16)24(3)23-12)22-19(26)17-11-21-25(13(17)2)15-7-5-4-6-8-15/h4-11H,1-3H3,(H,22,26). The number of carbonyl (C=O) groups excluding carboxylic acids is 1. The first-order valence-corrected chi connectivity index (χ1v) is 8.25. The Morgan fingerprint density at radius 1 is 1.12 bits per heavy atom. The third kappa shape index (κ3) is 2.63. The van der Waals surface area contributed by atoms with Crippen molar-refractivity contribution in [3.05, 3.63) is 65.7 Å². The van der Waals surface area contributed by atoms with Gasteiger partial charge in [0.1, 0.15) is 0 Å². The summed E-state index contributed by atoms with van der Waals surface area (Å²) in [5.41, 5.74) is 4.51. The number of hydrogen-bond acceptors (Lipinski definition) is 4. The Morgan fingerprint density at radius 3 is 2.65 bits per heavy atom. The summed E-state index contributed by atoms with van der Waals surface area (Å²) in [6.45, 7) is 3.80. The molecule has 130 valence electrons. The summed E-state index contributed by atoms with van der Waals surface area (Å²) >= 11 is 0. The van der Waals surface area contributed by atoms with Crippen LogP contribution in [-0.2, 0) is 7.05 Å². The monoisotopic (exact) mass is 346 g/mol. The summed E-state index contributed by atoms with van der Waals surface area (Å²) in [4.78, 5) is 17.1. The maximum atomic E-state index is 12.7. The molecular formula is C19H18N6O. The molecule has 1 aromatic carbocycles. The molecule has 0 aliphatic carbocycles. The average molecular weight is 346 g/mol. The van der Waals surface area contributed by atoms with Crippen molar-refractivity contribution >= 4 is 22.6 Å². The number of rotatable bonds is 3. The predicted octanol–water partition coefficient (Wildman–Crippen LogP) is 3.02. The van der Waals surface area contributed by atoms with Crippen molar-refractivity contribution in [2.75, 3.05) is 5.32 Å². The fourth-order valence-corrected chi connectivity index (χ4v) is 3.04. The minimum absolute atomic E-state index is 0.215. The van der Waals surface area contributed by atoms with Gasteiger partial charge in [-0.05, 0) is 32.0 Å². The predicted molar refractivity (Wildman–Crippen MR) is 99.5 cm³/mol. The van der Waals surface area contributed by atoms with Gasteiger partial charge in [0.25, 0.3) is 5.91 Å². The molecule has 1 N–H and O–H groups in total. The number of anilines is 1. The van der Waals surface area contributed by atoms with Gasteiger partial charge in [-0.15, -0.1) is 0 Å². The quantitative estimate of drug-likeness (QED) is 0.618. The Bertz CT molecular complexity index is 1110. The Labute approximate surface area is 150 Å². The van der Waals surface area contributed by atoms with E-state index in [1.54, 1.807) is 21.8 Å². The number of para-hydroxylation sites is 1. The molecule has 3 aromatic heterocycles. The second-order valence-corrected chi connectivity index (χ2v) is 6.15. The summed E-state index contributed by atoms with van der Waals surface area (Å²) in [5.74, 6) is -0.215. The van der Waals surface area contributed by atoms with Gasteiger partial charge in [-0.3, -0.25) is 9.48 Å². The SMILES string of the molecule is Cc1nn(C)c2ncc(NC(=O)c3cnn(-c4ccccc4)c3C)cc12. The largest absolute Gasteiger partial charge is 0.320 e. The van der Waals surface area contributed by atoms with Crippen LogP contribution >= 0.6 is 0 Å². The van der Waals surface area contributed by atoms with Crippen LogP contribution in [0.4, 0.5) is 5.69 Å². The molecule has 26 heavy (non-hydrogen) atoms. The second-order valence-electron chi connectivity index (χ2n) is 6.15. The van der Waals surface area contributed by atoms with Crippen LogP contribution < -0.4 is 5.32 Å². The van der Waals surface area contributed by atoms with E-state index < -0.39 is 0 Å². The van der Waals surface area contributed by atoms with E-state index in [4.69, 9.17) is 0 Å². The van der Waals surface area contributed by atoms with Crippen LogP contribution in [0.25, 0.3) is 16.7 Å². The smallest absolute Gasteiger partial charge is 0.259 e. The van der Waals surface area contributed by atoms with Gasteiger partial charge in [-0.1, -0.05) is 18.2 Å². The number of carbonyl (C=O) groups is 1. The summed E-state index contributed by atoms with van der Waals surface area (Å²) in [7, 11) is 1.85. The molecule has 0 aliphatic rings. The van der Waals surface area contributed by atoms with Gasteiger partial charge in [0.05, 0.1) is 40.7 Å². The van der Waals surface area contributed by atoms with Crippen molar-refractivity contribution in [2.45, 2.75) is 13.8 Å². The number of hydrogen-bond donors (Lipinski definition) is 1. The lowest BCUT2D eigenvalue weighted by atomic mass is 10.2. The molecule has 0 atom stereocenters. The van der Waals surface area contributed by atoms with E-state index in [0.29, 0.717) is 11.3 Å². The van der Waals surface area contributed by atoms with Crippen molar-refractivity contribution in [1.82, 2.24) is 24.5 Å². The molecule has 7 nitrogen and oxygen atoms in total. The van der Waals surface area contributed by atoms with Crippen LogP contribution in [0.15, 0.2) is 48.8 Å². The number of aryl methyl sites for hydroxylation is 2. The first kappa shape index (κ1) is 16.0. The number of aromatic nitrogens is 5. The number of nitrogens with zero attached hydrogens (tertiary/aromatic N) is 5.